The third-order valence-electron chi connectivity index (χ3n) is 6.99. The highest BCUT2D eigenvalue weighted by atomic mass is 32.2. The van der Waals surface area contributed by atoms with Crippen LogP contribution >= 0.6 is 0 Å². The Balaban J connectivity index is 1.38. The zero-order chi connectivity index (χ0) is 27.9. The molecule has 1 spiro atoms. The fourth-order valence-corrected chi connectivity index (χ4v) is 5.67. The summed E-state index contributed by atoms with van der Waals surface area (Å²) in [6, 6.07) is 5.53. The first-order valence-electron chi connectivity index (χ1n) is 11.4. The number of carbonyl (C=O) groups excluding carboxylic acids is 1. The van der Waals surface area contributed by atoms with Crippen LogP contribution in [0.2, 0.25) is 0 Å². The van der Waals surface area contributed by atoms with Gasteiger partial charge in [-0.15, -0.1) is 0 Å². The molecule has 3 aliphatic rings. The number of alkyl halides is 5. The Morgan fingerprint density at radius 3 is 2.42 bits per heavy atom. The lowest BCUT2D eigenvalue weighted by molar-refractivity contribution is -0.278. The largest absolute Gasteiger partial charge is 0.437 e. The summed E-state index contributed by atoms with van der Waals surface area (Å²) in [5.41, 5.74) is -3.51. The molecule has 1 saturated heterocycles. The zero-order valence-corrected chi connectivity index (χ0v) is 21.3. The van der Waals surface area contributed by atoms with E-state index in [-0.39, 0.29) is 25.4 Å². The highest BCUT2D eigenvalue weighted by molar-refractivity contribution is 7.91. The van der Waals surface area contributed by atoms with Crippen LogP contribution in [0.4, 0.5) is 22.0 Å². The summed E-state index contributed by atoms with van der Waals surface area (Å²) in [6.07, 6.45) is -4.79. The molecule has 9 nitrogen and oxygen atoms in total. The SMILES string of the molecule is Cn1nc(C(C)(F)F)cc1C1(C(F)(F)F)CC(c2ccc3c(c2)COC32CN(C(=O)CS(C)(=O)=O)C2)=NO1. The van der Waals surface area contributed by atoms with E-state index in [1.165, 1.54) is 4.90 Å². The molecule has 4 heterocycles. The third kappa shape index (κ3) is 4.25. The van der Waals surface area contributed by atoms with Crippen molar-refractivity contribution in [3.8, 4) is 0 Å². The summed E-state index contributed by atoms with van der Waals surface area (Å²) in [5, 5.41) is 7.26. The van der Waals surface area contributed by atoms with E-state index >= 15 is 0 Å². The summed E-state index contributed by atoms with van der Waals surface area (Å²) < 4.78 is 100. The number of fused-ring (bicyclic) bond motifs is 2. The van der Waals surface area contributed by atoms with Gasteiger partial charge in [0, 0.05) is 20.2 Å². The van der Waals surface area contributed by atoms with E-state index in [1.807, 2.05) is 0 Å². The number of hydrogen-bond donors (Lipinski definition) is 0. The highest BCUT2D eigenvalue weighted by Crippen LogP contribution is 2.50. The van der Waals surface area contributed by atoms with Gasteiger partial charge in [-0.3, -0.25) is 9.48 Å². The molecule has 1 amide bonds. The fourth-order valence-electron chi connectivity index (χ4n) is 5.04. The molecular weight excluding hydrogens is 539 g/mol. The number of carbonyl (C=O) groups is 1. The molecule has 1 aromatic carbocycles. The smallest absolute Gasteiger partial charge is 0.372 e. The molecular formula is C23H23F5N4O5S. The van der Waals surface area contributed by atoms with Gasteiger partial charge in [0.05, 0.1) is 37.5 Å². The van der Waals surface area contributed by atoms with Crippen LogP contribution in [-0.2, 0) is 55.0 Å². The molecule has 1 atom stereocenters. The number of oxime groups is 1. The average Bonchev–Trinajstić information content (AvgIpc) is 3.45. The van der Waals surface area contributed by atoms with Crippen LogP contribution in [0.3, 0.4) is 0 Å². The Hall–Kier alpha value is -3.07. The number of aryl methyl sites for hydroxylation is 1. The van der Waals surface area contributed by atoms with E-state index in [0.29, 0.717) is 24.1 Å². The van der Waals surface area contributed by atoms with E-state index < -0.39 is 62.6 Å². The van der Waals surface area contributed by atoms with Gasteiger partial charge in [-0.05, 0) is 28.8 Å². The lowest BCUT2D eigenvalue weighted by Gasteiger charge is -2.47. The monoisotopic (exact) mass is 562 g/mol. The average molecular weight is 563 g/mol. The normalized spacial score (nSPS) is 22.7. The van der Waals surface area contributed by atoms with E-state index in [9.17, 15) is 35.2 Å². The van der Waals surface area contributed by atoms with Gasteiger partial charge in [-0.25, -0.2) is 8.42 Å². The van der Waals surface area contributed by atoms with Crippen LogP contribution in [0.1, 0.15) is 41.4 Å². The number of amides is 1. The summed E-state index contributed by atoms with van der Waals surface area (Å²) in [6.45, 7) is 0.977. The third-order valence-corrected chi connectivity index (χ3v) is 7.76. The molecule has 5 rings (SSSR count). The van der Waals surface area contributed by atoms with Crippen molar-refractivity contribution in [1.82, 2.24) is 14.7 Å². The van der Waals surface area contributed by atoms with E-state index in [1.54, 1.807) is 18.2 Å². The number of hydrogen-bond acceptors (Lipinski definition) is 7. The summed E-state index contributed by atoms with van der Waals surface area (Å²) in [5.74, 6) is -4.59. The molecule has 3 aliphatic heterocycles. The number of sulfone groups is 1. The molecule has 1 unspecified atom stereocenters. The predicted octanol–water partition coefficient (Wildman–Crippen LogP) is 2.73. The first kappa shape index (κ1) is 26.5. The molecule has 1 fully saturated rings. The Morgan fingerprint density at radius 2 is 1.84 bits per heavy atom. The Labute approximate surface area is 214 Å². The van der Waals surface area contributed by atoms with Crippen LogP contribution in [-0.4, -0.2) is 66.0 Å². The lowest BCUT2D eigenvalue weighted by Crippen LogP contribution is -2.62. The second-order valence-electron chi connectivity index (χ2n) is 10.0. The van der Waals surface area contributed by atoms with Crippen LogP contribution in [0.25, 0.3) is 0 Å². The molecule has 1 aromatic heterocycles. The topological polar surface area (TPSA) is 103 Å². The first-order valence-corrected chi connectivity index (χ1v) is 13.5. The Kier molecular flexibility index (Phi) is 5.74. The van der Waals surface area contributed by atoms with Gasteiger partial charge in [-0.2, -0.15) is 27.1 Å². The van der Waals surface area contributed by atoms with E-state index in [2.05, 4.69) is 10.3 Å². The van der Waals surface area contributed by atoms with Crippen molar-refractivity contribution < 1.29 is 44.7 Å². The van der Waals surface area contributed by atoms with Crippen molar-refractivity contribution in [2.24, 2.45) is 12.2 Å². The minimum atomic E-state index is -5.00. The van der Waals surface area contributed by atoms with Gasteiger partial charge in [0.2, 0.25) is 5.91 Å². The quantitative estimate of drug-likeness (QED) is 0.520. The molecule has 0 bridgehead atoms. The second-order valence-corrected chi connectivity index (χ2v) is 12.2. The maximum atomic E-state index is 14.3. The van der Waals surface area contributed by atoms with Crippen LogP contribution < -0.4 is 0 Å². The van der Waals surface area contributed by atoms with Crippen molar-refractivity contribution in [2.75, 3.05) is 25.1 Å². The molecule has 0 aliphatic carbocycles. The molecule has 2 aromatic rings. The van der Waals surface area contributed by atoms with Gasteiger partial charge in [0.15, 0.2) is 9.84 Å². The summed E-state index contributed by atoms with van der Waals surface area (Å²) >= 11 is 0. The predicted molar refractivity (Wildman–Crippen MR) is 122 cm³/mol. The number of ether oxygens (including phenoxy) is 1. The molecule has 206 valence electrons. The van der Waals surface area contributed by atoms with Crippen molar-refractivity contribution in [1.29, 1.82) is 0 Å². The number of benzene rings is 1. The number of likely N-dealkylation sites (tertiary alicyclic amines) is 1. The lowest BCUT2D eigenvalue weighted by atomic mass is 9.83. The van der Waals surface area contributed by atoms with Crippen LogP contribution in [0.5, 0.6) is 0 Å². The van der Waals surface area contributed by atoms with Crippen molar-refractivity contribution in [3.63, 3.8) is 0 Å². The minimum absolute atomic E-state index is 0.0318. The van der Waals surface area contributed by atoms with E-state index in [0.717, 1.165) is 23.5 Å². The fraction of sp³-hybridized carbons (Fsp3) is 0.522. The van der Waals surface area contributed by atoms with E-state index in [4.69, 9.17) is 9.57 Å². The van der Waals surface area contributed by atoms with Crippen molar-refractivity contribution in [3.05, 3.63) is 52.3 Å². The van der Waals surface area contributed by atoms with Crippen LogP contribution in [0, 0.1) is 0 Å². The second kappa shape index (κ2) is 8.21. The zero-order valence-electron chi connectivity index (χ0n) is 20.5. The Morgan fingerprint density at radius 1 is 1.16 bits per heavy atom. The molecule has 0 radical (unpaired) electrons. The molecule has 15 heteroatoms. The molecule has 0 saturated carbocycles. The van der Waals surface area contributed by atoms with Gasteiger partial charge in [-0.1, -0.05) is 17.3 Å². The van der Waals surface area contributed by atoms with Gasteiger partial charge >= 0.3 is 6.18 Å². The Bertz CT molecular complexity index is 1460. The number of halogens is 5. The van der Waals surface area contributed by atoms with Gasteiger partial charge in [0.1, 0.15) is 17.0 Å². The van der Waals surface area contributed by atoms with Crippen molar-refractivity contribution >= 4 is 21.5 Å². The van der Waals surface area contributed by atoms with Gasteiger partial charge < -0.3 is 14.5 Å². The number of rotatable bonds is 5. The van der Waals surface area contributed by atoms with Crippen molar-refractivity contribution in [2.45, 2.75) is 43.3 Å². The highest BCUT2D eigenvalue weighted by Gasteiger charge is 2.64. The molecule has 0 N–H and O–H groups in total. The van der Waals surface area contributed by atoms with Crippen LogP contribution in [0.15, 0.2) is 29.4 Å². The first-order chi connectivity index (χ1) is 17.4. The van der Waals surface area contributed by atoms with Gasteiger partial charge in [0.25, 0.3) is 11.5 Å². The number of nitrogens with zero attached hydrogens (tertiary/aromatic N) is 4. The maximum Gasteiger partial charge on any atom is 0.437 e. The molecule has 38 heavy (non-hydrogen) atoms. The summed E-state index contributed by atoms with van der Waals surface area (Å²) in [7, 11) is -2.35. The standard InChI is InChI=1S/C23H23F5N4O5S/c1-20(24,25)17-7-18(31(2)29-17)22(23(26,27)28)8-16(30-37-22)13-4-5-15-14(6-13)9-36-21(15)11-32(12-21)19(33)10-38(3,34)35/h4-7H,8-12H2,1-3H3. The minimum Gasteiger partial charge on any atom is -0.372 e. The number of aromatic nitrogens is 2. The summed E-state index contributed by atoms with van der Waals surface area (Å²) in [4.78, 5) is 18.5. The maximum absolute atomic E-state index is 14.3.